The van der Waals surface area contributed by atoms with E-state index in [1.165, 1.54) is 6.92 Å². The van der Waals surface area contributed by atoms with Gasteiger partial charge in [-0.1, -0.05) is 42.5 Å². The Morgan fingerprint density at radius 1 is 0.647 bits per heavy atom. The molecule has 0 amide bonds. The van der Waals surface area contributed by atoms with Crippen LogP contribution in [-0.4, -0.2) is 122 Å². The third-order valence-electron chi connectivity index (χ3n) is 5.56. The van der Waals surface area contributed by atoms with Crippen LogP contribution in [0.2, 0.25) is 0 Å². The molecule has 0 unspecified atom stereocenters. The molecule has 0 spiro atoms. The summed E-state index contributed by atoms with van der Waals surface area (Å²) in [5, 5.41) is 49.2. The third kappa shape index (κ3) is 29.9. The van der Waals surface area contributed by atoms with Gasteiger partial charge in [0, 0.05) is 0 Å². The van der Waals surface area contributed by atoms with Gasteiger partial charge in [0.2, 0.25) is 0 Å². The molecule has 0 fully saturated rings. The highest BCUT2D eigenvalue weighted by Crippen LogP contribution is 2.13. The van der Waals surface area contributed by atoms with Crippen molar-refractivity contribution in [2.45, 2.75) is 56.4 Å². The van der Waals surface area contributed by atoms with E-state index in [2.05, 4.69) is 0 Å². The summed E-state index contributed by atoms with van der Waals surface area (Å²) in [5.41, 5.74) is 32.3. The van der Waals surface area contributed by atoms with E-state index in [0.29, 0.717) is 18.6 Å². The van der Waals surface area contributed by atoms with E-state index in [9.17, 15) is 28.8 Å². The van der Waals surface area contributed by atoms with E-state index in [1.54, 1.807) is 36.0 Å². The maximum atomic E-state index is 10.9. The van der Waals surface area contributed by atoms with Gasteiger partial charge in [0.25, 0.3) is 0 Å². The Morgan fingerprint density at radius 3 is 1.33 bits per heavy atom. The highest BCUT2D eigenvalue weighted by molar-refractivity contribution is 7.98. The van der Waals surface area contributed by atoms with Crippen LogP contribution in [0.15, 0.2) is 54.6 Å². The van der Waals surface area contributed by atoms with Crippen LogP contribution in [0, 0.1) is 0 Å². The highest BCUT2D eigenvalue weighted by atomic mass is 32.2. The van der Waals surface area contributed by atoms with E-state index in [0.717, 1.165) is 16.9 Å². The van der Waals surface area contributed by atoms with Crippen molar-refractivity contribution in [3.63, 3.8) is 0 Å². The third-order valence-corrected chi connectivity index (χ3v) is 6.21. The first-order valence-electron chi connectivity index (χ1n) is 14.8. The SMILES string of the molecule is CSCC[C@H](N)C(=O)O.C[C@H](N)C(=O)O.NCC(=O)Oc1ccc(C[C@H](N)C(=O)O)cc1.N[C@@H](CO)C(=O)O.N[C@@H](Cc1ccccc1)C(=O)O. The van der Waals surface area contributed by atoms with Gasteiger partial charge in [0.1, 0.15) is 36.0 Å². The molecule has 51 heavy (non-hydrogen) atoms. The molecule has 19 nitrogen and oxygen atoms in total. The van der Waals surface area contributed by atoms with Crippen molar-refractivity contribution < 1.29 is 64.1 Å². The average molecular weight is 747 g/mol. The fourth-order valence-corrected chi connectivity index (χ4v) is 3.10. The Balaban J connectivity index is -0.000000598. The molecule has 288 valence electrons. The molecule has 0 bridgehead atoms. The Morgan fingerprint density at radius 2 is 1.04 bits per heavy atom. The number of rotatable bonds is 15. The molecule has 2 rings (SSSR count). The average Bonchev–Trinajstić information content (AvgIpc) is 3.08. The van der Waals surface area contributed by atoms with Gasteiger partial charge in [-0.25, -0.2) is 0 Å². The van der Waals surface area contributed by atoms with Crippen LogP contribution < -0.4 is 39.1 Å². The number of aliphatic hydroxyl groups is 1. The highest BCUT2D eigenvalue weighted by Gasteiger charge is 2.13. The zero-order chi connectivity index (χ0) is 40.1. The number of carbonyl (C=O) groups excluding carboxylic acids is 1. The summed E-state index contributed by atoms with van der Waals surface area (Å²) in [6.45, 7) is 0.726. The van der Waals surface area contributed by atoms with Crippen molar-refractivity contribution in [3.8, 4) is 5.75 Å². The van der Waals surface area contributed by atoms with Crippen LogP contribution in [0.5, 0.6) is 5.75 Å². The molecule has 0 radical (unpaired) electrons. The molecule has 0 saturated heterocycles. The number of aliphatic carboxylic acids is 5. The molecule has 0 heterocycles. The first kappa shape index (κ1) is 50.7. The lowest BCUT2D eigenvalue weighted by atomic mass is 10.1. The topological polar surface area (TPSA) is 389 Å². The van der Waals surface area contributed by atoms with Gasteiger partial charge in [-0.15, -0.1) is 0 Å². The number of carbonyl (C=O) groups is 6. The fraction of sp³-hybridized carbons (Fsp3) is 0.419. The number of carboxylic acids is 5. The van der Waals surface area contributed by atoms with Crippen molar-refractivity contribution in [2.75, 3.05) is 25.2 Å². The molecule has 20 heteroatoms. The number of benzene rings is 2. The van der Waals surface area contributed by atoms with E-state index >= 15 is 0 Å². The number of hydrogen-bond donors (Lipinski definition) is 12. The number of hydrogen-bond acceptors (Lipinski definition) is 15. The van der Waals surface area contributed by atoms with Crippen molar-refractivity contribution in [1.29, 1.82) is 0 Å². The Kier molecular flexibility index (Phi) is 30.0. The van der Waals surface area contributed by atoms with Gasteiger partial charge in [-0.05, 0) is 61.5 Å². The van der Waals surface area contributed by atoms with Gasteiger partial charge >= 0.3 is 35.8 Å². The van der Waals surface area contributed by atoms with Crippen LogP contribution in [0.3, 0.4) is 0 Å². The maximum Gasteiger partial charge on any atom is 0.325 e. The second-order valence-corrected chi connectivity index (χ2v) is 11.1. The van der Waals surface area contributed by atoms with Gasteiger partial charge < -0.3 is 69.8 Å². The van der Waals surface area contributed by atoms with Crippen LogP contribution in [0.4, 0.5) is 0 Å². The summed E-state index contributed by atoms with van der Waals surface area (Å²) in [4.78, 5) is 61.1. The monoisotopic (exact) mass is 746 g/mol. The normalized spacial score (nSPS) is 12.6. The minimum Gasteiger partial charge on any atom is -0.480 e. The smallest absolute Gasteiger partial charge is 0.325 e. The molecule has 0 aliphatic carbocycles. The number of nitrogens with two attached hydrogens (primary N) is 6. The van der Waals surface area contributed by atoms with Crippen LogP contribution in [0.25, 0.3) is 0 Å². The molecule has 2 aromatic rings. The summed E-state index contributed by atoms with van der Waals surface area (Å²) < 4.78 is 4.86. The molecule has 0 saturated carbocycles. The van der Waals surface area contributed by atoms with Crippen molar-refractivity contribution in [1.82, 2.24) is 0 Å². The zero-order valence-electron chi connectivity index (χ0n) is 28.2. The van der Waals surface area contributed by atoms with E-state index in [-0.39, 0.29) is 13.0 Å². The lowest BCUT2D eigenvalue weighted by Gasteiger charge is -2.07. The summed E-state index contributed by atoms with van der Waals surface area (Å²) in [7, 11) is 0. The van der Waals surface area contributed by atoms with Gasteiger partial charge in [-0.3, -0.25) is 28.8 Å². The summed E-state index contributed by atoms with van der Waals surface area (Å²) in [5.74, 6) is -4.41. The molecule has 5 atom stereocenters. The first-order valence-corrected chi connectivity index (χ1v) is 16.2. The Hall–Kier alpha value is -4.67. The number of thioether (sulfide) groups is 1. The van der Waals surface area contributed by atoms with Crippen molar-refractivity contribution in [2.24, 2.45) is 34.4 Å². The van der Waals surface area contributed by atoms with Gasteiger partial charge in [0.15, 0.2) is 0 Å². The predicted octanol–water partition coefficient (Wildman–Crippen LogP) is -1.89. The lowest BCUT2D eigenvalue weighted by Crippen LogP contribution is -2.33. The van der Waals surface area contributed by atoms with E-state index < -0.39 is 72.6 Å². The number of ether oxygens (including phenoxy) is 1. The predicted molar refractivity (Wildman–Crippen MR) is 189 cm³/mol. The Labute approximate surface area is 298 Å². The molecular formula is C31H50N6O13S. The standard InChI is InChI=1S/C11H14N2O4.C9H11NO2.C5H11NO2S.C3H7NO3.C3H7NO2/c12-6-10(14)17-8-3-1-7(2-4-8)5-9(13)11(15)16;10-8(9(11)12)6-7-4-2-1-3-5-7;1-9-3-2-4(6)5(7)8;4-2(1-5)3(6)7;1-2(4)3(5)6/h1-4,9H,5-6,12-13H2,(H,15,16);1-5,8H,6,10H2,(H,11,12);4H,2-3,6H2,1H3,(H,7,8);2,5H,1,4H2,(H,6,7);2H,4H2,1H3,(H,5,6)/t9-;8-;4-;2*2-/m00000/s1. The minimum atomic E-state index is -1.18. The minimum absolute atomic E-state index is 0.189. The molecule has 0 aromatic heterocycles. The Bertz CT molecular complexity index is 1300. The number of carboxylic acid groups (broad SMARTS) is 5. The maximum absolute atomic E-state index is 10.9. The van der Waals surface area contributed by atoms with Crippen molar-refractivity contribution >= 4 is 47.6 Å². The molecular weight excluding hydrogens is 696 g/mol. The number of esters is 1. The molecule has 0 aliphatic rings. The zero-order valence-corrected chi connectivity index (χ0v) is 29.1. The lowest BCUT2D eigenvalue weighted by molar-refractivity contribution is -0.140. The summed E-state index contributed by atoms with van der Waals surface area (Å²) in [6, 6.07) is 11.5. The summed E-state index contributed by atoms with van der Waals surface area (Å²) in [6.07, 6.45) is 3.09. The molecule has 0 aliphatic heterocycles. The number of aliphatic hydroxyl groups excluding tert-OH is 1. The first-order chi connectivity index (χ1) is 23.7. The van der Waals surface area contributed by atoms with Crippen LogP contribution in [0.1, 0.15) is 24.5 Å². The van der Waals surface area contributed by atoms with Crippen molar-refractivity contribution in [3.05, 3.63) is 65.7 Å². The summed E-state index contributed by atoms with van der Waals surface area (Å²) >= 11 is 1.60. The van der Waals surface area contributed by atoms with E-state index in [4.69, 9.17) is 69.8 Å². The molecule has 18 N–H and O–H groups in total. The van der Waals surface area contributed by atoms with Crippen LogP contribution in [-0.2, 0) is 41.6 Å². The molecule has 2 aromatic carbocycles. The van der Waals surface area contributed by atoms with Crippen LogP contribution >= 0.6 is 11.8 Å². The van der Waals surface area contributed by atoms with Gasteiger partial charge in [0.05, 0.1) is 13.2 Å². The van der Waals surface area contributed by atoms with Gasteiger partial charge in [-0.2, -0.15) is 11.8 Å². The second kappa shape index (κ2) is 30.2. The van der Waals surface area contributed by atoms with E-state index in [1.807, 2.05) is 36.6 Å². The quantitative estimate of drug-likeness (QED) is 0.0699. The second-order valence-electron chi connectivity index (χ2n) is 10.1. The largest absolute Gasteiger partial charge is 0.480 e. The fourth-order valence-electron chi connectivity index (χ4n) is 2.61.